The van der Waals surface area contributed by atoms with E-state index in [1.54, 1.807) is 0 Å². The molecule has 1 heterocycles. The molecule has 0 atom stereocenters. The number of benzene rings is 1. The molecule has 0 amide bonds. The van der Waals surface area contributed by atoms with E-state index in [1.807, 2.05) is 7.05 Å². The number of guanidine groups is 1. The summed E-state index contributed by atoms with van der Waals surface area (Å²) in [6.07, 6.45) is 2.43. The van der Waals surface area contributed by atoms with Gasteiger partial charge < -0.3 is 20.0 Å². The fraction of sp³-hybridized carbons (Fsp3) is 0.632. The first-order valence-corrected chi connectivity index (χ1v) is 9.05. The third-order valence-corrected chi connectivity index (χ3v) is 4.62. The van der Waals surface area contributed by atoms with Crippen molar-refractivity contribution < 1.29 is 0 Å². The molecule has 0 spiro atoms. The van der Waals surface area contributed by atoms with Gasteiger partial charge in [0.15, 0.2) is 5.96 Å². The molecule has 25 heavy (non-hydrogen) atoms. The summed E-state index contributed by atoms with van der Waals surface area (Å²) in [5.74, 6) is 0.971. The third-order valence-electron chi connectivity index (χ3n) is 4.62. The summed E-state index contributed by atoms with van der Waals surface area (Å²) in [6.45, 7) is 7.91. The first-order valence-electron chi connectivity index (χ1n) is 9.05. The summed E-state index contributed by atoms with van der Waals surface area (Å²) in [5, 5.41) is 3.48. The van der Waals surface area contributed by atoms with Gasteiger partial charge in [0.25, 0.3) is 0 Å². The number of nitrogens with zero attached hydrogens (tertiary/aromatic N) is 4. The lowest BCUT2D eigenvalue weighted by atomic mass is 10.2. The average molecular weight is 459 g/mol. The summed E-state index contributed by atoms with van der Waals surface area (Å²) in [7, 11) is 6.15. The molecule has 1 aromatic carbocycles. The van der Waals surface area contributed by atoms with E-state index in [0.717, 1.165) is 19.0 Å². The van der Waals surface area contributed by atoms with Crippen LogP contribution in [0.1, 0.15) is 18.4 Å². The molecule has 1 fully saturated rings. The molecule has 6 heteroatoms. The van der Waals surface area contributed by atoms with Crippen LogP contribution in [0.3, 0.4) is 0 Å². The molecule has 0 aliphatic carbocycles. The monoisotopic (exact) mass is 459 g/mol. The molecule has 1 saturated heterocycles. The predicted molar refractivity (Wildman–Crippen MR) is 118 cm³/mol. The van der Waals surface area contributed by atoms with E-state index in [9.17, 15) is 0 Å². The molecule has 0 aromatic heterocycles. The van der Waals surface area contributed by atoms with Crippen molar-refractivity contribution in [3.63, 3.8) is 0 Å². The topological polar surface area (TPSA) is 34.1 Å². The van der Waals surface area contributed by atoms with E-state index in [-0.39, 0.29) is 24.0 Å². The standard InChI is InChI=1S/C19H33N5.HI/c1-20-19(23(3)17-18-9-5-4-6-10-18)21-11-7-8-12-24-15-13-22(2)14-16-24;/h4-6,9-10H,7-8,11-17H2,1-3H3,(H,20,21);1H. The second-order valence-corrected chi connectivity index (χ2v) is 6.67. The Morgan fingerprint density at radius 2 is 1.80 bits per heavy atom. The number of likely N-dealkylation sites (N-methyl/N-ethyl adjacent to an activating group) is 1. The highest BCUT2D eigenvalue weighted by Crippen LogP contribution is 2.03. The quantitative estimate of drug-likeness (QED) is 0.294. The molecule has 0 saturated carbocycles. The molecule has 0 bridgehead atoms. The Kier molecular flexibility index (Phi) is 11.1. The molecule has 142 valence electrons. The van der Waals surface area contributed by atoms with E-state index in [1.165, 1.54) is 51.1 Å². The van der Waals surface area contributed by atoms with Crippen LogP contribution in [-0.4, -0.2) is 81.1 Å². The summed E-state index contributed by atoms with van der Waals surface area (Å²) >= 11 is 0. The van der Waals surface area contributed by atoms with Crippen molar-refractivity contribution in [3.8, 4) is 0 Å². The van der Waals surface area contributed by atoms with Gasteiger partial charge in [-0.25, -0.2) is 0 Å². The zero-order chi connectivity index (χ0) is 17.2. The van der Waals surface area contributed by atoms with Gasteiger partial charge in [0.1, 0.15) is 0 Å². The largest absolute Gasteiger partial charge is 0.356 e. The number of hydrogen-bond donors (Lipinski definition) is 1. The van der Waals surface area contributed by atoms with E-state index in [2.05, 4.69) is 69.4 Å². The third kappa shape index (κ3) is 8.37. The van der Waals surface area contributed by atoms with Crippen LogP contribution >= 0.6 is 24.0 Å². The maximum absolute atomic E-state index is 4.40. The van der Waals surface area contributed by atoms with Crippen molar-refractivity contribution in [1.29, 1.82) is 0 Å². The lowest BCUT2D eigenvalue weighted by Crippen LogP contribution is -2.44. The normalized spacial score (nSPS) is 16.4. The minimum absolute atomic E-state index is 0. The number of piperazine rings is 1. The van der Waals surface area contributed by atoms with Gasteiger partial charge in [0, 0.05) is 53.4 Å². The van der Waals surface area contributed by atoms with E-state index in [4.69, 9.17) is 0 Å². The lowest BCUT2D eigenvalue weighted by Gasteiger charge is -2.32. The molecular formula is C19H34IN5. The smallest absolute Gasteiger partial charge is 0.193 e. The van der Waals surface area contributed by atoms with Crippen LogP contribution in [-0.2, 0) is 6.54 Å². The number of rotatable bonds is 7. The zero-order valence-corrected chi connectivity index (χ0v) is 18.3. The van der Waals surface area contributed by atoms with Gasteiger partial charge in [0.05, 0.1) is 0 Å². The molecule has 1 aliphatic rings. The van der Waals surface area contributed by atoms with E-state index >= 15 is 0 Å². The summed E-state index contributed by atoms with van der Waals surface area (Å²) < 4.78 is 0. The lowest BCUT2D eigenvalue weighted by molar-refractivity contribution is 0.152. The van der Waals surface area contributed by atoms with E-state index in [0.29, 0.717) is 0 Å². The molecule has 0 radical (unpaired) electrons. The minimum atomic E-state index is 0. The average Bonchev–Trinajstić information content (AvgIpc) is 2.60. The van der Waals surface area contributed by atoms with Crippen molar-refractivity contribution >= 4 is 29.9 Å². The Balaban J connectivity index is 0.00000312. The summed E-state index contributed by atoms with van der Waals surface area (Å²) in [4.78, 5) is 11.6. The first kappa shape index (κ1) is 22.2. The molecule has 1 N–H and O–H groups in total. The highest BCUT2D eigenvalue weighted by molar-refractivity contribution is 14.0. The Morgan fingerprint density at radius 3 is 2.44 bits per heavy atom. The van der Waals surface area contributed by atoms with Gasteiger partial charge in [-0.15, -0.1) is 24.0 Å². The highest BCUT2D eigenvalue weighted by atomic mass is 127. The Morgan fingerprint density at radius 1 is 1.12 bits per heavy atom. The van der Waals surface area contributed by atoms with Crippen LogP contribution in [0.4, 0.5) is 0 Å². The van der Waals surface area contributed by atoms with Gasteiger partial charge in [0.2, 0.25) is 0 Å². The predicted octanol–water partition coefficient (Wildman–Crippen LogP) is 2.34. The van der Waals surface area contributed by atoms with Crippen molar-refractivity contribution in [3.05, 3.63) is 35.9 Å². The molecule has 5 nitrogen and oxygen atoms in total. The van der Waals surface area contributed by atoms with Gasteiger partial charge in [-0.05, 0) is 32.0 Å². The first-order chi connectivity index (χ1) is 11.7. The van der Waals surface area contributed by atoms with Crippen LogP contribution < -0.4 is 5.32 Å². The SMILES string of the molecule is CN=C(NCCCCN1CCN(C)CC1)N(C)Cc1ccccc1.I. The Labute approximate surface area is 170 Å². The van der Waals surface area contributed by atoms with Gasteiger partial charge >= 0.3 is 0 Å². The number of nitrogens with one attached hydrogen (secondary N) is 1. The summed E-state index contributed by atoms with van der Waals surface area (Å²) in [6, 6.07) is 10.5. The molecule has 0 unspecified atom stereocenters. The maximum Gasteiger partial charge on any atom is 0.193 e. The summed E-state index contributed by atoms with van der Waals surface area (Å²) in [5.41, 5.74) is 1.30. The van der Waals surface area contributed by atoms with Gasteiger partial charge in [-0.2, -0.15) is 0 Å². The zero-order valence-electron chi connectivity index (χ0n) is 15.9. The van der Waals surface area contributed by atoms with Crippen LogP contribution in [0.15, 0.2) is 35.3 Å². The van der Waals surface area contributed by atoms with Crippen molar-refractivity contribution in [1.82, 2.24) is 20.0 Å². The minimum Gasteiger partial charge on any atom is -0.356 e. The van der Waals surface area contributed by atoms with Crippen molar-refractivity contribution in [2.75, 3.05) is 60.4 Å². The molecule has 1 aromatic rings. The van der Waals surface area contributed by atoms with Crippen LogP contribution in [0.25, 0.3) is 0 Å². The fourth-order valence-corrected chi connectivity index (χ4v) is 3.05. The Hall–Kier alpha value is -0.860. The fourth-order valence-electron chi connectivity index (χ4n) is 3.05. The number of hydrogen-bond acceptors (Lipinski definition) is 3. The van der Waals surface area contributed by atoms with Crippen LogP contribution in [0.5, 0.6) is 0 Å². The number of aliphatic imine (C=N–C) groups is 1. The molecular weight excluding hydrogens is 425 g/mol. The van der Waals surface area contributed by atoms with Crippen molar-refractivity contribution in [2.24, 2.45) is 4.99 Å². The van der Waals surface area contributed by atoms with Gasteiger partial charge in [-0.3, -0.25) is 4.99 Å². The Bertz CT molecular complexity index is 486. The van der Waals surface area contributed by atoms with E-state index < -0.39 is 0 Å². The second kappa shape index (κ2) is 12.5. The van der Waals surface area contributed by atoms with Crippen molar-refractivity contribution in [2.45, 2.75) is 19.4 Å². The highest BCUT2D eigenvalue weighted by Gasteiger charge is 2.12. The molecule has 1 aliphatic heterocycles. The number of unbranched alkanes of at least 4 members (excludes halogenated alkanes) is 1. The van der Waals surface area contributed by atoms with Crippen LogP contribution in [0.2, 0.25) is 0 Å². The molecule has 2 rings (SSSR count). The van der Waals surface area contributed by atoms with Crippen LogP contribution in [0, 0.1) is 0 Å². The maximum atomic E-state index is 4.40. The number of halogens is 1. The second-order valence-electron chi connectivity index (χ2n) is 6.67. The van der Waals surface area contributed by atoms with Gasteiger partial charge in [-0.1, -0.05) is 30.3 Å².